The van der Waals surface area contributed by atoms with Gasteiger partial charge >= 0.3 is 5.97 Å². The minimum atomic E-state index is -0.988. The summed E-state index contributed by atoms with van der Waals surface area (Å²) in [5, 5.41) is 8.49. The molecule has 0 radical (unpaired) electrons. The van der Waals surface area contributed by atoms with E-state index in [0.717, 1.165) is 0 Å². The minimum absolute atomic E-state index is 0.155. The highest BCUT2D eigenvalue weighted by molar-refractivity contribution is 7.79. The number of benzene rings is 1. The lowest BCUT2D eigenvalue weighted by Gasteiger charge is -1.96. The van der Waals surface area contributed by atoms with Crippen molar-refractivity contribution >= 4 is 24.3 Å². The summed E-state index contributed by atoms with van der Waals surface area (Å²) in [6.45, 7) is 0. The highest BCUT2D eigenvalue weighted by Gasteiger charge is 2.03. The van der Waals surface area contributed by atoms with Gasteiger partial charge in [-0.05, 0) is 18.4 Å². The van der Waals surface area contributed by atoms with Gasteiger partial charge in [0.05, 0.1) is 5.56 Å². The normalized spacial score (nSPS) is 8.17. The van der Waals surface area contributed by atoms with Gasteiger partial charge in [-0.2, -0.15) is 12.6 Å². The van der Waals surface area contributed by atoms with Crippen molar-refractivity contribution in [3.05, 3.63) is 29.8 Å². The van der Waals surface area contributed by atoms with Crippen LogP contribution in [0.25, 0.3) is 0 Å². The van der Waals surface area contributed by atoms with Crippen LogP contribution in [0.4, 0.5) is 5.69 Å². The molecule has 0 unspecified atom stereocenters. The van der Waals surface area contributed by atoms with Crippen molar-refractivity contribution in [1.29, 1.82) is 0 Å². The van der Waals surface area contributed by atoms with Crippen LogP contribution < -0.4 is 5.73 Å². The maximum atomic E-state index is 10.3. The van der Waals surface area contributed by atoms with Crippen molar-refractivity contribution in [2.75, 3.05) is 12.0 Å². The molecule has 66 valence electrons. The van der Waals surface area contributed by atoms with E-state index in [1.54, 1.807) is 24.5 Å². The second kappa shape index (κ2) is 5.49. The van der Waals surface area contributed by atoms with Crippen LogP contribution in [0, 0.1) is 0 Å². The highest BCUT2D eigenvalue weighted by atomic mass is 32.1. The topological polar surface area (TPSA) is 63.3 Å². The molecule has 0 saturated carbocycles. The summed E-state index contributed by atoms with van der Waals surface area (Å²) in [5.41, 5.74) is 5.80. The molecule has 0 heterocycles. The predicted octanol–water partition coefficient (Wildman–Crippen LogP) is 1.51. The van der Waals surface area contributed by atoms with Crippen molar-refractivity contribution in [1.82, 2.24) is 0 Å². The first-order valence-corrected chi connectivity index (χ1v) is 4.14. The molecule has 4 heteroatoms. The third-order valence-electron chi connectivity index (χ3n) is 1.19. The van der Waals surface area contributed by atoms with E-state index in [1.807, 2.05) is 0 Å². The second-order valence-corrected chi connectivity index (χ2v) is 1.89. The van der Waals surface area contributed by atoms with Gasteiger partial charge in [-0.1, -0.05) is 12.1 Å². The molecule has 0 aliphatic rings. The summed E-state index contributed by atoms with van der Waals surface area (Å²) in [6.07, 6.45) is 1.69. The Morgan fingerprint density at radius 1 is 1.42 bits per heavy atom. The van der Waals surface area contributed by atoms with Crippen LogP contribution in [0.5, 0.6) is 0 Å². The number of aromatic carboxylic acids is 1. The van der Waals surface area contributed by atoms with Gasteiger partial charge in [-0.15, -0.1) is 0 Å². The average Bonchev–Trinajstić information content (AvgIpc) is 2.08. The zero-order valence-electron chi connectivity index (χ0n) is 6.69. The molecule has 0 aromatic heterocycles. The fraction of sp³-hybridized carbons (Fsp3) is 0.125. The molecular weight excluding hydrogens is 174 g/mol. The van der Waals surface area contributed by atoms with Gasteiger partial charge in [0.1, 0.15) is 0 Å². The Kier molecular flexibility index (Phi) is 4.96. The number of hydrogen-bond donors (Lipinski definition) is 3. The molecule has 0 saturated heterocycles. The van der Waals surface area contributed by atoms with Gasteiger partial charge < -0.3 is 10.8 Å². The quantitative estimate of drug-likeness (QED) is 0.459. The third kappa shape index (κ3) is 2.84. The van der Waals surface area contributed by atoms with Crippen molar-refractivity contribution < 1.29 is 9.90 Å². The van der Waals surface area contributed by atoms with Gasteiger partial charge in [0.25, 0.3) is 0 Å². The van der Waals surface area contributed by atoms with Crippen LogP contribution in [-0.4, -0.2) is 17.3 Å². The molecule has 3 nitrogen and oxygen atoms in total. The Balaban J connectivity index is 0.000000561. The smallest absolute Gasteiger partial charge is 0.337 e. The molecule has 0 amide bonds. The van der Waals surface area contributed by atoms with Crippen LogP contribution in [0.3, 0.4) is 0 Å². The number of nitrogen functional groups attached to an aromatic ring is 1. The van der Waals surface area contributed by atoms with E-state index >= 15 is 0 Å². The average molecular weight is 185 g/mol. The fourth-order valence-corrected chi connectivity index (χ4v) is 0.692. The van der Waals surface area contributed by atoms with E-state index in [9.17, 15) is 4.79 Å². The largest absolute Gasteiger partial charge is 0.478 e. The van der Waals surface area contributed by atoms with E-state index < -0.39 is 5.97 Å². The number of rotatable bonds is 1. The van der Waals surface area contributed by atoms with Crippen molar-refractivity contribution in [3.63, 3.8) is 0 Å². The number of carboxylic acid groups (broad SMARTS) is 1. The summed E-state index contributed by atoms with van der Waals surface area (Å²) in [6, 6.07) is 6.36. The van der Waals surface area contributed by atoms with E-state index in [1.165, 1.54) is 6.07 Å². The molecule has 0 fully saturated rings. The van der Waals surface area contributed by atoms with Crippen molar-refractivity contribution in [2.45, 2.75) is 0 Å². The highest BCUT2D eigenvalue weighted by Crippen LogP contribution is 2.08. The first-order valence-electron chi connectivity index (χ1n) is 3.24. The first kappa shape index (κ1) is 10.8. The SMILES string of the molecule is CS.Nc1ccccc1C(=O)O. The monoisotopic (exact) mass is 185 g/mol. The summed E-state index contributed by atoms with van der Waals surface area (Å²) in [7, 11) is 0. The fourth-order valence-electron chi connectivity index (χ4n) is 0.692. The molecule has 0 aliphatic carbocycles. The molecule has 3 N–H and O–H groups in total. The molecule has 1 aromatic rings. The molecule has 0 atom stereocenters. The number of para-hydroxylation sites is 1. The zero-order chi connectivity index (χ0) is 9.56. The summed E-state index contributed by atoms with van der Waals surface area (Å²) >= 11 is 3.53. The van der Waals surface area contributed by atoms with E-state index in [0.29, 0.717) is 5.69 Å². The first-order chi connectivity index (χ1) is 5.72. The van der Waals surface area contributed by atoms with Crippen LogP contribution >= 0.6 is 12.6 Å². The maximum Gasteiger partial charge on any atom is 0.337 e. The van der Waals surface area contributed by atoms with Gasteiger partial charge in [-0.3, -0.25) is 0 Å². The van der Waals surface area contributed by atoms with E-state index in [-0.39, 0.29) is 5.56 Å². The molecule has 0 bridgehead atoms. The van der Waals surface area contributed by atoms with Crippen LogP contribution in [0.2, 0.25) is 0 Å². The van der Waals surface area contributed by atoms with Crippen molar-refractivity contribution in [3.8, 4) is 0 Å². The Morgan fingerprint density at radius 2 is 1.92 bits per heavy atom. The Hall–Kier alpha value is -1.16. The lowest BCUT2D eigenvalue weighted by molar-refractivity contribution is 0.0698. The maximum absolute atomic E-state index is 10.3. The number of carbonyl (C=O) groups is 1. The Morgan fingerprint density at radius 3 is 2.25 bits per heavy atom. The van der Waals surface area contributed by atoms with Crippen LogP contribution in [0.1, 0.15) is 10.4 Å². The number of carboxylic acids is 1. The number of thiol groups is 1. The Labute approximate surface area is 76.6 Å². The molecule has 0 aliphatic heterocycles. The summed E-state index contributed by atoms with van der Waals surface area (Å²) < 4.78 is 0. The van der Waals surface area contributed by atoms with Gasteiger partial charge in [-0.25, -0.2) is 4.79 Å². The predicted molar refractivity (Wildman–Crippen MR) is 52.7 cm³/mol. The van der Waals surface area contributed by atoms with Gasteiger partial charge in [0.2, 0.25) is 0 Å². The molecule has 1 rings (SSSR count). The summed E-state index contributed by atoms with van der Waals surface area (Å²) in [4.78, 5) is 10.3. The summed E-state index contributed by atoms with van der Waals surface area (Å²) in [5.74, 6) is -0.988. The van der Waals surface area contributed by atoms with Gasteiger partial charge in [0, 0.05) is 5.69 Å². The van der Waals surface area contributed by atoms with Gasteiger partial charge in [0.15, 0.2) is 0 Å². The van der Waals surface area contributed by atoms with Crippen molar-refractivity contribution in [2.24, 2.45) is 0 Å². The molecular formula is C8H11NO2S. The van der Waals surface area contributed by atoms with E-state index in [4.69, 9.17) is 10.8 Å². The molecule has 1 aromatic carbocycles. The second-order valence-electron chi connectivity index (χ2n) is 1.89. The lowest BCUT2D eigenvalue weighted by Crippen LogP contribution is -2.00. The van der Waals surface area contributed by atoms with E-state index in [2.05, 4.69) is 12.6 Å². The van der Waals surface area contributed by atoms with Crippen LogP contribution in [-0.2, 0) is 0 Å². The number of anilines is 1. The minimum Gasteiger partial charge on any atom is -0.478 e. The van der Waals surface area contributed by atoms with Crippen LogP contribution in [0.15, 0.2) is 24.3 Å². The number of nitrogens with two attached hydrogens (primary N) is 1. The number of hydrogen-bond acceptors (Lipinski definition) is 3. The molecule has 12 heavy (non-hydrogen) atoms. The Bertz CT molecular complexity index is 263. The standard InChI is InChI=1S/C7H7NO2.CH4S/c8-6-4-2-1-3-5(6)7(9)10;1-2/h1-4H,8H2,(H,9,10);2H,1H3. The lowest BCUT2D eigenvalue weighted by atomic mass is 10.2. The zero-order valence-corrected chi connectivity index (χ0v) is 7.58. The molecule has 0 spiro atoms. The third-order valence-corrected chi connectivity index (χ3v) is 1.19.